The third-order valence-corrected chi connectivity index (χ3v) is 3.82. The zero-order valence-corrected chi connectivity index (χ0v) is 12.2. The van der Waals surface area contributed by atoms with Crippen molar-refractivity contribution in [1.82, 2.24) is 15.0 Å². The van der Waals surface area contributed by atoms with E-state index in [1.54, 1.807) is 18.5 Å². The molecule has 6 heteroatoms. The number of aromatic carboxylic acids is 1. The van der Waals surface area contributed by atoms with Crippen LogP contribution in [0.25, 0.3) is 11.4 Å². The van der Waals surface area contributed by atoms with Gasteiger partial charge < -0.3 is 10.4 Å². The van der Waals surface area contributed by atoms with E-state index < -0.39 is 5.97 Å². The zero-order valence-electron chi connectivity index (χ0n) is 12.2. The van der Waals surface area contributed by atoms with E-state index in [4.69, 9.17) is 0 Å². The van der Waals surface area contributed by atoms with E-state index in [1.165, 1.54) is 25.3 Å². The van der Waals surface area contributed by atoms with Crippen molar-refractivity contribution in [3.8, 4) is 11.4 Å². The van der Waals surface area contributed by atoms with Gasteiger partial charge in [0.05, 0.1) is 0 Å². The molecule has 2 heterocycles. The summed E-state index contributed by atoms with van der Waals surface area (Å²) in [6.45, 7) is 0. The number of hydrogen-bond donors (Lipinski definition) is 2. The molecule has 2 N–H and O–H groups in total. The van der Waals surface area contributed by atoms with Gasteiger partial charge >= 0.3 is 5.97 Å². The van der Waals surface area contributed by atoms with E-state index in [0.717, 1.165) is 12.8 Å². The first kappa shape index (κ1) is 14.4. The number of anilines is 1. The lowest BCUT2D eigenvalue weighted by molar-refractivity contribution is 0.0690. The standard InChI is InChI=1S/C16H18N4O2/c21-16(22)13-9-14(18-12-6-2-1-3-7-12)20-15(19-13)11-5-4-8-17-10-11/h4-5,8-10,12H,1-3,6-7H2,(H,21,22)(H,18,19,20). The molecule has 0 unspecified atom stereocenters. The van der Waals surface area contributed by atoms with Crippen LogP contribution in [0.3, 0.4) is 0 Å². The molecule has 6 nitrogen and oxygen atoms in total. The maximum absolute atomic E-state index is 11.3. The van der Waals surface area contributed by atoms with Crippen LogP contribution in [0.2, 0.25) is 0 Å². The van der Waals surface area contributed by atoms with E-state index in [0.29, 0.717) is 23.2 Å². The molecule has 2 aromatic rings. The highest BCUT2D eigenvalue weighted by atomic mass is 16.4. The summed E-state index contributed by atoms with van der Waals surface area (Å²) in [4.78, 5) is 23.9. The van der Waals surface area contributed by atoms with E-state index in [-0.39, 0.29) is 5.69 Å². The molecule has 3 rings (SSSR count). The molecule has 0 bridgehead atoms. The normalized spacial score (nSPS) is 15.5. The number of nitrogens with zero attached hydrogens (tertiary/aromatic N) is 3. The maximum Gasteiger partial charge on any atom is 0.354 e. The van der Waals surface area contributed by atoms with Crippen LogP contribution >= 0.6 is 0 Å². The third-order valence-electron chi connectivity index (χ3n) is 3.82. The van der Waals surface area contributed by atoms with Gasteiger partial charge in [0.1, 0.15) is 5.82 Å². The lowest BCUT2D eigenvalue weighted by Crippen LogP contribution is -2.23. The number of hydrogen-bond acceptors (Lipinski definition) is 5. The summed E-state index contributed by atoms with van der Waals surface area (Å²) >= 11 is 0. The van der Waals surface area contributed by atoms with Crippen molar-refractivity contribution in [3.05, 3.63) is 36.3 Å². The highest BCUT2D eigenvalue weighted by Crippen LogP contribution is 2.23. The van der Waals surface area contributed by atoms with Crippen molar-refractivity contribution in [3.63, 3.8) is 0 Å². The molecular weight excluding hydrogens is 280 g/mol. The van der Waals surface area contributed by atoms with Gasteiger partial charge in [-0.15, -0.1) is 0 Å². The second-order valence-electron chi connectivity index (χ2n) is 5.49. The predicted molar refractivity (Wildman–Crippen MR) is 82.7 cm³/mol. The lowest BCUT2D eigenvalue weighted by Gasteiger charge is -2.23. The van der Waals surface area contributed by atoms with Crippen molar-refractivity contribution in [2.75, 3.05) is 5.32 Å². The van der Waals surface area contributed by atoms with Gasteiger partial charge in [-0.3, -0.25) is 4.98 Å². The molecule has 0 aliphatic heterocycles. The zero-order chi connectivity index (χ0) is 15.4. The molecular formula is C16H18N4O2. The molecule has 0 aromatic carbocycles. The fraction of sp³-hybridized carbons (Fsp3) is 0.375. The largest absolute Gasteiger partial charge is 0.477 e. The van der Waals surface area contributed by atoms with Gasteiger partial charge in [-0.2, -0.15) is 0 Å². The van der Waals surface area contributed by atoms with Gasteiger partial charge in [-0.1, -0.05) is 19.3 Å². The van der Waals surface area contributed by atoms with E-state index in [1.807, 2.05) is 6.07 Å². The van der Waals surface area contributed by atoms with Crippen LogP contribution in [0.4, 0.5) is 5.82 Å². The van der Waals surface area contributed by atoms with Crippen LogP contribution in [0.15, 0.2) is 30.6 Å². The second-order valence-corrected chi connectivity index (χ2v) is 5.49. The Hall–Kier alpha value is -2.50. The first-order chi connectivity index (χ1) is 10.7. The molecule has 1 saturated carbocycles. The smallest absolute Gasteiger partial charge is 0.354 e. The van der Waals surface area contributed by atoms with Crippen LogP contribution in [0.5, 0.6) is 0 Å². The van der Waals surface area contributed by atoms with Crippen LogP contribution in [-0.4, -0.2) is 32.1 Å². The average molecular weight is 298 g/mol. The van der Waals surface area contributed by atoms with Crippen molar-refractivity contribution in [2.45, 2.75) is 38.1 Å². The van der Waals surface area contributed by atoms with E-state index >= 15 is 0 Å². The molecule has 1 aliphatic rings. The molecule has 0 atom stereocenters. The first-order valence-corrected chi connectivity index (χ1v) is 7.52. The fourth-order valence-corrected chi connectivity index (χ4v) is 2.71. The fourth-order valence-electron chi connectivity index (χ4n) is 2.71. The Balaban J connectivity index is 1.91. The Morgan fingerprint density at radius 1 is 1.23 bits per heavy atom. The number of carboxylic acid groups (broad SMARTS) is 1. The molecule has 0 spiro atoms. The monoisotopic (exact) mass is 298 g/mol. The van der Waals surface area contributed by atoms with Gasteiger partial charge in [0, 0.05) is 30.1 Å². The Morgan fingerprint density at radius 3 is 2.73 bits per heavy atom. The minimum absolute atomic E-state index is 0.00726. The molecule has 1 fully saturated rings. The van der Waals surface area contributed by atoms with Crippen LogP contribution in [-0.2, 0) is 0 Å². The first-order valence-electron chi connectivity index (χ1n) is 7.52. The van der Waals surface area contributed by atoms with Crippen LogP contribution in [0.1, 0.15) is 42.6 Å². The minimum atomic E-state index is -1.06. The summed E-state index contributed by atoms with van der Waals surface area (Å²) in [5, 5.41) is 12.6. The molecule has 0 saturated heterocycles. The van der Waals surface area contributed by atoms with Gasteiger partial charge in [0.2, 0.25) is 0 Å². The number of rotatable bonds is 4. The second kappa shape index (κ2) is 6.51. The van der Waals surface area contributed by atoms with Crippen LogP contribution in [0, 0.1) is 0 Å². The number of nitrogens with one attached hydrogen (secondary N) is 1. The number of aromatic nitrogens is 3. The van der Waals surface area contributed by atoms with Gasteiger partial charge in [-0.25, -0.2) is 14.8 Å². The van der Waals surface area contributed by atoms with Gasteiger partial charge in [-0.05, 0) is 25.0 Å². The van der Waals surface area contributed by atoms with E-state index in [2.05, 4.69) is 20.3 Å². The Labute approximate surface area is 128 Å². The summed E-state index contributed by atoms with van der Waals surface area (Å²) in [6.07, 6.45) is 9.14. The summed E-state index contributed by atoms with van der Waals surface area (Å²) in [7, 11) is 0. The third kappa shape index (κ3) is 3.39. The number of carboxylic acids is 1. The van der Waals surface area contributed by atoms with Crippen molar-refractivity contribution >= 4 is 11.8 Å². The molecule has 22 heavy (non-hydrogen) atoms. The average Bonchev–Trinajstić information content (AvgIpc) is 2.56. The van der Waals surface area contributed by atoms with Gasteiger partial charge in [0.15, 0.2) is 11.5 Å². The summed E-state index contributed by atoms with van der Waals surface area (Å²) in [5.74, 6) is -0.108. The minimum Gasteiger partial charge on any atom is -0.477 e. The Bertz CT molecular complexity index is 654. The number of carbonyl (C=O) groups is 1. The quantitative estimate of drug-likeness (QED) is 0.902. The Morgan fingerprint density at radius 2 is 2.05 bits per heavy atom. The van der Waals surface area contributed by atoms with E-state index in [9.17, 15) is 9.90 Å². The predicted octanol–water partition coefficient (Wildman–Crippen LogP) is 2.98. The molecule has 1 aliphatic carbocycles. The summed E-state index contributed by atoms with van der Waals surface area (Å²) in [5.41, 5.74) is 0.699. The maximum atomic E-state index is 11.3. The van der Waals surface area contributed by atoms with Crippen molar-refractivity contribution in [2.24, 2.45) is 0 Å². The molecule has 2 aromatic heterocycles. The van der Waals surface area contributed by atoms with Crippen LogP contribution < -0.4 is 5.32 Å². The highest BCUT2D eigenvalue weighted by Gasteiger charge is 2.16. The highest BCUT2D eigenvalue weighted by molar-refractivity contribution is 5.87. The van der Waals surface area contributed by atoms with Crippen molar-refractivity contribution in [1.29, 1.82) is 0 Å². The van der Waals surface area contributed by atoms with Gasteiger partial charge in [0.25, 0.3) is 0 Å². The topological polar surface area (TPSA) is 88.0 Å². The SMILES string of the molecule is O=C(O)c1cc(NC2CCCCC2)nc(-c2cccnc2)n1. The lowest BCUT2D eigenvalue weighted by atomic mass is 9.95. The molecule has 0 amide bonds. The summed E-state index contributed by atoms with van der Waals surface area (Å²) in [6, 6.07) is 5.45. The Kier molecular flexibility index (Phi) is 4.27. The number of pyridine rings is 1. The summed E-state index contributed by atoms with van der Waals surface area (Å²) < 4.78 is 0. The molecule has 114 valence electrons. The van der Waals surface area contributed by atoms with Crippen molar-refractivity contribution < 1.29 is 9.90 Å². The molecule has 0 radical (unpaired) electrons.